The maximum absolute atomic E-state index is 13.2. The minimum atomic E-state index is -0.247. The van der Waals surface area contributed by atoms with E-state index in [-0.39, 0.29) is 29.7 Å². The summed E-state index contributed by atoms with van der Waals surface area (Å²) in [5.74, 6) is -0.542. The molecule has 0 radical (unpaired) electrons. The molecule has 8 heteroatoms. The molecule has 2 unspecified atom stereocenters. The number of fused-ring (bicyclic) bond motifs is 2. The van der Waals surface area contributed by atoms with Crippen LogP contribution in [0.2, 0.25) is 5.02 Å². The number of hydrogen-bond acceptors (Lipinski definition) is 4. The lowest BCUT2D eigenvalue weighted by Crippen LogP contribution is -2.65. The maximum atomic E-state index is 13.2. The first-order valence-corrected chi connectivity index (χ1v) is 11.3. The normalized spacial score (nSPS) is 20.8. The molecule has 2 heterocycles. The molecule has 2 aromatic rings. The fourth-order valence-electron chi connectivity index (χ4n) is 4.47. The molecule has 2 fully saturated rings. The van der Waals surface area contributed by atoms with Crippen molar-refractivity contribution >= 4 is 35.2 Å². The van der Waals surface area contributed by atoms with Gasteiger partial charge in [-0.25, -0.2) is 4.39 Å². The number of piperazine rings is 1. The summed E-state index contributed by atoms with van der Waals surface area (Å²) in [5, 5.41) is 3.31. The van der Waals surface area contributed by atoms with E-state index in [4.69, 9.17) is 16.3 Å². The number of rotatable bonds is 5. The van der Waals surface area contributed by atoms with Gasteiger partial charge in [-0.2, -0.15) is 0 Å². The van der Waals surface area contributed by atoms with Gasteiger partial charge in [0.05, 0.1) is 25.3 Å². The zero-order chi connectivity index (χ0) is 23.5. The Hall–Kier alpha value is -2.74. The molecule has 1 N–H and O–H groups in total. The fourth-order valence-corrected chi connectivity index (χ4v) is 4.64. The Balaban J connectivity index is 1.48. The molecule has 2 aromatic carbocycles. The molecule has 0 saturated carbocycles. The summed E-state index contributed by atoms with van der Waals surface area (Å²) in [6, 6.07) is 9.95. The molecular formula is C25H27ClFN3O3. The van der Waals surface area contributed by atoms with Crippen molar-refractivity contribution in [3.05, 3.63) is 70.0 Å². The summed E-state index contributed by atoms with van der Waals surface area (Å²) in [7, 11) is 0. The lowest BCUT2D eigenvalue weighted by Gasteiger charge is -2.49. The highest BCUT2D eigenvalue weighted by atomic mass is 35.5. The van der Waals surface area contributed by atoms with Gasteiger partial charge in [-0.1, -0.05) is 23.7 Å². The Kier molecular flexibility index (Phi) is 7.12. The Morgan fingerprint density at radius 3 is 2.48 bits per heavy atom. The van der Waals surface area contributed by atoms with Crippen LogP contribution in [0.3, 0.4) is 0 Å². The van der Waals surface area contributed by atoms with E-state index in [9.17, 15) is 14.0 Å². The summed E-state index contributed by atoms with van der Waals surface area (Å²) in [4.78, 5) is 28.9. The summed E-state index contributed by atoms with van der Waals surface area (Å²) in [6.45, 7) is 6.34. The standard InChI is InChI=1S/C25H27ClFN3O3/c1-16-9-19(24(10-23(16)26)28-17(2)31)5-8-25(32)30-21-12-29(13-22(30)15-33-14-21)11-18-3-6-20(27)7-4-18/h3-10,21-22H,11-15H2,1-2H3,(H,28,31)/b8-5+. The number of halogens is 2. The first kappa shape index (κ1) is 23.4. The average Bonchev–Trinajstić information content (AvgIpc) is 2.75. The number of anilines is 1. The Bertz CT molecular complexity index is 1060. The number of carbonyl (C=O) groups is 2. The second-order valence-electron chi connectivity index (χ2n) is 8.61. The second-order valence-corrected chi connectivity index (χ2v) is 9.02. The van der Waals surface area contributed by atoms with E-state index in [0.29, 0.717) is 43.6 Å². The molecule has 0 spiro atoms. The van der Waals surface area contributed by atoms with Gasteiger partial charge in [-0.15, -0.1) is 0 Å². The minimum absolute atomic E-state index is 0.0585. The van der Waals surface area contributed by atoms with Crippen LogP contribution < -0.4 is 5.32 Å². The van der Waals surface area contributed by atoms with E-state index < -0.39 is 0 Å². The zero-order valence-electron chi connectivity index (χ0n) is 18.7. The molecule has 0 aliphatic carbocycles. The van der Waals surface area contributed by atoms with Crippen molar-refractivity contribution in [3.63, 3.8) is 0 Å². The van der Waals surface area contributed by atoms with Gasteiger partial charge in [0.15, 0.2) is 0 Å². The number of aryl methyl sites for hydroxylation is 1. The van der Waals surface area contributed by atoms with E-state index in [1.165, 1.54) is 19.1 Å². The third-order valence-electron chi connectivity index (χ3n) is 5.97. The van der Waals surface area contributed by atoms with Gasteiger partial charge in [0, 0.05) is 43.3 Å². The van der Waals surface area contributed by atoms with Crippen LogP contribution in [0.4, 0.5) is 10.1 Å². The van der Waals surface area contributed by atoms with Gasteiger partial charge in [0.1, 0.15) is 5.82 Å². The lowest BCUT2D eigenvalue weighted by atomic mass is 10.0. The Morgan fingerprint density at radius 2 is 1.85 bits per heavy atom. The molecule has 4 rings (SSSR count). The van der Waals surface area contributed by atoms with Crippen LogP contribution in [-0.4, -0.2) is 60.0 Å². The van der Waals surface area contributed by atoms with Gasteiger partial charge in [-0.3, -0.25) is 14.5 Å². The smallest absolute Gasteiger partial charge is 0.247 e. The summed E-state index contributed by atoms with van der Waals surface area (Å²) in [5.41, 5.74) is 3.18. The lowest BCUT2D eigenvalue weighted by molar-refractivity contribution is -0.150. The summed E-state index contributed by atoms with van der Waals surface area (Å²) < 4.78 is 18.9. The molecule has 174 valence electrons. The van der Waals surface area contributed by atoms with Crippen molar-refractivity contribution in [2.75, 3.05) is 31.6 Å². The third-order valence-corrected chi connectivity index (χ3v) is 6.37. The van der Waals surface area contributed by atoms with Gasteiger partial charge in [-0.05, 0) is 54.0 Å². The highest BCUT2D eigenvalue weighted by molar-refractivity contribution is 6.31. The van der Waals surface area contributed by atoms with E-state index >= 15 is 0 Å². The number of carbonyl (C=O) groups excluding carboxylic acids is 2. The molecular weight excluding hydrogens is 445 g/mol. The van der Waals surface area contributed by atoms with Crippen molar-refractivity contribution < 1.29 is 18.7 Å². The third kappa shape index (κ3) is 5.61. The van der Waals surface area contributed by atoms with Crippen LogP contribution in [0.25, 0.3) is 6.08 Å². The van der Waals surface area contributed by atoms with Crippen molar-refractivity contribution in [1.29, 1.82) is 0 Å². The second kappa shape index (κ2) is 10.0. The quantitative estimate of drug-likeness (QED) is 0.672. The summed E-state index contributed by atoms with van der Waals surface area (Å²) >= 11 is 6.21. The topological polar surface area (TPSA) is 61.9 Å². The minimum Gasteiger partial charge on any atom is -0.377 e. The molecule has 2 aliphatic rings. The van der Waals surface area contributed by atoms with Crippen molar-refractivity contribution in [1.82, 2.24) is 9.80 Å². The number of nitrogens with zero attached hydrogens (tertiary/aromatic N) is 2. The SMILES string of the molecule is CC(=O)Nc1cc(Cl)c(C)cc1/C=C/C(=O)N1C2COCC1CN(Cc1ccc(F)cc1)C2. The van der Waals surface area contributed by atoms with E-state index in [2.05, 4.69) is 10.2 Å². The van der Waals surface area contributed by atoms with Crippen molar-refractivity contribution in [2.45, 2.75) is 32.5 Å². The Morgan fingerprint density at radius 1 is 1.18 bits per heavy atom. The van der Waals surface area contributed by atoms with Gasteiger partial charge >= 0.3 is 0 Å². The van der Waals surface area contributed by atoms with Gasteiger partial charge < -0.3 is 15.0 Å². The molecule has 2 aliphatic heterocycles. The largest absolute Gasteiger partial charge is 0.377 e. The highest BCUT2D eigenvalue weighted by Gasteiger charge is 2.40. The number of hydrogen-bond donors (Lipinski definition) is 1. The highest BCUT2D eigenvalue weighted by Crippen LogP contribution is 2.27. The zero-order valence-corrected chi connectivity index (χ0v) is 19.4. The Labute approximate surface area is 198 Å². The average molecular weight is 472 g/mol. The van der Waals surface area contributed by atoms with Crippen LogP contribution in [0.1, 0.15) is 23.6 Å². The molecule has 2 atom stereocenters. The predicted molar refractivity (Wildman–Crippen MR) is 126 cm³/mol. The number of amides is 2. The van der Waals surface area contributed by atoms with E-state index in [1.807, 2.05) is 17.9 Å². The van der Waals surface area contributed by atoms with Crippen LogP contribution >= 0.6 is 11.6 Å². The number of nitrogens with one attached hydrogen (secondary N) is 1. The first-order chi connectivity index (χ1) is 15.8. The fraction of sp³-hybridized carbons (Fsp3) is 0.360. The van der Waals surface area contributed by atoms with Gasteiger partial charge in [0.2, 0.25) is 11.8 Å². The van der Waals surface area contributed by atoms with Crippen molar-refractivity contribution in [2.24, 2.45) is 0 Å². The molecule has 2 amide bonds. The monoisotopic (exact) mass is 471 g/mol. The van der Waals surface area contributed by atoms with E-state index in [1.54, 1.807) is 30.4 Å². The summed E-state index contributed by atoms with van der Waals surface area (Å²) in [6.07, 6.45) is 3.27. The number of ether oxygens (including phenoxy) is 1. The van der Waals surface area contributed by atoms with Crippen molar-refractivity contribution in [3.8, 4) is 0 Å². The van der Waals surface area contributed by atoms with Crippen LogP contribution in [0.15, 0.2) is 42.5 Å². The predicted octanol–water partition coefficient (Wildman–Crippen LogP) is 3.87. The maximum Gasteiger partial charge on any atom is 0.247 e. The molecule has 2 saturated heterocycles. The molecule has 0 aromatic heterocycles. The molecule has 2 bridgehead atoms. The molecule has 6 nitrogen and oxygen atoms in total. The van der Waals surface area contributed by atoms with Crippen LogP contribution in [0.5, 0.6) is 0 Å². The van der Waals surface area contributed by atoms with E-state index in [0.717, 1.165) is 16.7 Å². The van der Waals surface area contributed by atoms with Crippen LogP contribution in [-0.2, 0) is 20.9 Å². The van der Waals surface area contributed by atoms with Gasteiger partial charge in [0.25, 0.3) is 0 Å². The number of benzene rings is 2. The van der Waals surface area contributed by atoms with Crippen LogP contribution in [0, 0.1) is 12.7 Å². The number of morpholine rings is 1. The molecule has 33 heavy (non-hydrogen) atoms. The first-order valence-electron chi connectivity index (χ1n) is 10.9.